The van der Waals surface area contributed by atoms with E-state index in [-0.39, 0.29) is 5.41 Å². The second kappa shape index (κ2) is 32.0. The van der Waals surface area contributed by atoms with Gasteiger partial charge in [-0.3, -0.25) is 19.9 Å². The van der Waals surface area contributed by atoms with Gasteiger partial charge in [0.05, 0.1) is 22.4 Å². The Balaban J connectivity index is 0.000000112. The maximum Gasteiger partial charge on any atom is 0.140 e. The molecular weight excluding hydrogens is 1530 g/mol. The van der Waals surface area contributed by atoms with E-state index in [0.29, 0.717) is 0 Å². The number of benzene rings is 19. The quantitative estimate of drug-likeness (QED) is 0.0953. The van der Waals surface area contributed by atoms with Gasteiger partial charge >= 0.3 is 0 Å². The minimum atomic E-state index is 0.0749. The highest BCUT2D eigenvalue weighted by atomic mass is 15.1. The molecule has 0 N–H and O–H groups in total. The lowest BCUT2D eigenvalue weighted by molar-refractivity contribution is 0.591. The van der Waals surface area contributed by atoms with Gasteiger partial charge in [-0.25, -0.2) is 4.98 Å². The summed E-state index contributed by atoms with van der Waals surface area (Å²) in [6.45, 7) is 6.87. The molecule has 0 atom stereocenters. The van der Waals surface area contributed by atoms with E-state index in [1.165, 1.54) is 169 Å². The first-order valence-corrected chi connectivity index (χ1v) is 43.2. The fraction of sp³-hybridized carbons (Fsp3) is 0.0417. The Morgan fingerprint density at radius 2 is 0.611 bits per heavy atom. The van der Waals surface area contributed by atoms with E-state index in [4.69, 9.17) is 4.98 Å². The zero-order chi connectivity index (χ0) is 84.4. The molecule has 0 bridgehead atoms. The van der Waals surface area contributed by atoms with Crippen molar-refractivity contribution >= 4 is 108 Å². The van der Waals surface area contributed by atoms with Crippen molar-refractivity contribution < 1.29 is 0 Å². The van der Waals surface area contributed by atoms with Crippen molar-refractivity contribution in [1.29, 1.82) is 0 Å². The smallest absolute Gasteiger partial charge is 0.140 e. The van der Waals surface area contributed by atoms with E-state index < -0.39 is 0 Å². The number of aryl methyl sites for hydroxylation is 1. The molecule has 0 radical (unpaired) electrons. The number of pyridine rings is 4. The summed E-state index contributed by atoms with van der Waals surface area (Å²) in [5.74, 6) is 0.981. The lowest BCUT2D eigenvalue weighted by atomic mass is 9.81. The number of hydrogen-bond donors (Lipinski definition) is 0. The third-order valence-electron chi connectivity index (χ3n) is 25.3. The van der Waals surface area contributed by atoms with E-state index in [1.807, 2.05) is 79.6 Å². The second-order valence-corrected chi connectivity index (χ2v) is 33.9. The van der Waals surface area contributed by atoms with E-state index in [0.717, 1.165) is 67.2 Å². The summed E-state index contributed by atoms with van der Waals surface area (Å²) in [4.78, 5) is 22.9. The predicted octanol–water partition coefficient (Wildman–Crippen LogP) is 32.0. The van der Waals surface area contributed by atoms with Crippen molar-refractivity contribution in [3.63, 3.8) is 0 Å². The van der Waals surface area contributed by atoms with Crippen LogP contribution in [-0.2, 0) is 12.5 Å². The van der Waals surface area contributed by atoms with Crippen LogP contribution in [0.5, 0.6) is 0 Å². The minimum Gasteiger partial charge on any atom is -0.327 e. The minimum absolute atomic E-state index is 0.0749. The molecule has 24 aromatic rings. The molecule has 24 rings (SSSR count). The lowest BCUT2D eigenvalue weighted by Crippen LogP contribution is -2.10. The van der Waals surface area contributed by atoms with Crippen molar-refractivity contribution in [2.24, 2.45) is 7.05 Å². The highest BCUT2D eigenvalue weighted by Gasteiger charge is 2.24. The van der Waals surface area contributed by atoms with Crippen LogP contribution in [0.4, 0.5) is 0 Å². The number of aromatic nitrogens is 6. The van der Waals surface area contributed by atoms with Crippen molar-refractivity contribution in [2.45, 2.75) is 26.2 Å². The molecular formula is C120H84N6. The normalized spacial score (nSPS) is 11.7. The third kappa shape index (κ3) is 14.0. The fourth-order valence-electron chi connectivity index (χ4n) is 19.1. The van der Waals surface area contributed by atoms with Crippen LogP contribution in [0.25, 0.3) is 231 Å². The van der Waals surface area contributed by atoms with Gasteiger partial charge in [-0.05, 0) is 265 Å². The third-order valence-corrected chi connectivity index (χ3v) is 25.3. The zero-order valence-electron chi connectivity index (χ0n) is 70.3. The first-order chi connectivity index (χ1) is 62.0. The molecule has 0 fully saturated rings. The van der Waals surface area contributed by atoms with Gasteiger partial charge in [-0.15, -0.1) is 0 Å². The number of fused-ring (bicyclic) bond motifs is 7. The SMILES string of the molecule is CC(C)(C)c1cc2ccc3c(-c4ccc(-c5ccccn5)cc4)cc(-c4ccc(-c5ccccn5)cc4)c4ccc(c1)c2c34.Cn1c(-c2ccccc2)nc2cc(-c3c4ccccc4c(-c4ccc5ccccc5c4)c4ccccc34)ccc21.c1ccc(-c2c3ccccc3c(-c3ccc4cc(-c5cncc(-c6ccncc6)c5)ccc4c3)c3ccccc23)cc1. The molecule has 594 valence electrons. The molecule has 0 saturated carbocycles. The highest BCUT2D eigenvalue weighted by Crippen LogP contribution is 2.50. The lowest BCUT2D eigenvalue weighted by Gasteiger charge is -2.23. The second-order valence-electron chi connectivity index (χ2n) is 33.9. The molecule has 0 unspecified atom stereocenters. The summed E-state index contributed by atoms with van der Waals surface area (Å²) in [5.41, 5.74) is 28.2. The van der Waals surface area contributed by atoms with Gasteiger partial charge in [-0.2, -0.15) is 0 Å². The zero-order valence-corrected chi connectivity index (χ0v) is 70.3. The number of hydrogen-bond acceptors (Lipinski definition) is 5. The van der Waals surface area contributed by atoms with E-state index in [1.54, 1.807) is 0 Å². The monoisotopic (exact) mass is 1610 g/mol. The van der Waals surface area contributed by atoms with E-state index in [9.17, 15) is 0 Å². The van der Waals surface area contributed by atoms with Gasteiger partial charge in [0, 0.05) is 72.0 Å². The molecule has 0 saturated heterocycles. The van der Waals surface area contributed by atoms with Gasteiger partial charge in [-0.1, -0.05) is 342 Å². The average molecular weight is 1610 g/mol. The Kier molecular flexibility index (Phi) is 19.3. The van der Waals surface area contributed by atoms with Crippen LogP contribution >= 0.6 is 0 Å². The first kappa shape index (κ1) is 76.0. The number of nitrogens with zero attached hydrogens (tertiary/aromatic N) is 6. The summed E-state index contributed by atoms with van der Waals surface area (Å²) in [6, 6.07) is 145. The molecule has 5 aromatic heterocycles. The summed E-state index contributed by atoms with van der Waals surface area (Å²) in [7, 11) is 2.10. The van der Waals surface area contributed by atoms with Crippen LogP contribution in [-0.4, -0.2) is 29.5 Å². The van der Waals surface area contributed by atoms with Crippen LogP contribution < -0.4 is 0 Å². The maximum absolute atomic E-state index is 5.09. The van der Waals surface area contributed by atoms with Crippen molar-refractivity contribution in [2.75, 3.05) is 0 Å². The molecule has 6 nitrogen and oxygen atoms in total. The van der Waals surface area contributed by atoms with Crippen molar-refractivity contribution in [3.05, 3.63) is 443 Å². The number of imidazole rings is 1. The number of rotatable bonds is 11. The van der Waals surface area contributed by atoms with E-state index in [2.05, 4.69) is 410 Å². The fourth-order valence-corrected chi connectivity index (χ4v) is 19.1. The highest BCUT2D eigenvalue weighted by molar-refractivity contribution is 6.29. The van der Waals surface area contributed by atoms with Gasteiger partial charge < -0.3 is 4.57 Å². The summed E-state index contributed by atoms with van der Waals surface area (Å²) < 4.78 is 2.19. The summed E-state index contributed by atoms with van der Waals surface area (Å²) >= 11 is 0. The molecule has 0 aliphatic rings. The Bertz CT molecular complexity index is 8000. The summed E-state index contributed by atoms with van der Waals surface area (Å²) in [6.07, 6.45) is 11.2. The van der Waals surface area contributed by atoms with Gasteiger partial charge in [0.15, 0.2) is 0 Å². The van der Waals surface area contributed by atoms with Crippen LogP contribution in [0.2, 0.25) is 0 Å². The van der Waals surface area contributed by atoms with Crippen LogP contribution in [0.15, 0.2) is 438 Å². The maximum atomic E-state index is 5.09. The van der Waals surface area contributed by atoms with Crippen LogP contribution in [0.3, 0.4) is 0 Å². The molecule has 126 heavy (non-hydrogen) atoms. The Morgan fingerprint density at radius 1 is 0.230 bits per heavy atom. The Morgan fingerprint density at radius 3 is 1.10 bits per heavy atom. The van der Waals surface area contributed by atoms with Gasteiger partial charge in [0.25, 0.3) is 0 Å². The Labute approximate surface area is 731 Å². The molecule has 0 aliphatic carbocycles. The van der Waals surface area contributed by atoms with Crippen molar-refractivity contribution in [3.8, 4) is 123 Å². The molecule has 0 spiro atoms. The molecule has 19 aromatic carbocycles. The summed E-state index contributed by atoms with van der Waals surface area (Å²) in [5, 5.41) is 22.9. The molecule has 6 heteroatoms. The topological polar surface area (TPSA) is 69.4 Å². The predicted molar refractivity (Wildman–Crippen MR) is 532 cm³/mol. The molecule has 0 amide bonds. The van der Waals surface area contributed by atoms with Gasteiger partial charge in [0.1, 0.15) is 5.82 Å². The average Bonchev–Trinajstić information content (AvgIpc) is 0.724. The van der Waals surface area contributed by atoms with Crippen molar-refractivity contribution in [1.82, 2.24) is 29.5 Å². The first-order valence-electron chi connectivity index (χ1n) is 43.2. The Hall–Kier alpha value is -16.2. The van der Waals surface area contributed by atoms with Crippen LogP contribution in [0.1, 0.15) is 26.3 Å². The molecule has 0 aliphatic heterocycles. The van der Waals surface area contributed by atoms with Gasteiger partial charge in [0.2, 0.25) is 0 Å². The van der Waals surface area contributed by atoms with Crippen LogP contribution in [0, 0.1) is 0 Å². The standard InChI is InChI=1S/C42H32N2.C40H26N2.C38H26N2/c1-42(2,3)33-24-31-18-20-34-36(27-10-14-29(15-11-27)38-8-4-6-22-43-38)26-37(35-21-19-32(25-33)40(31)41(34)35)28-12-16-30(17-13-28)39-9-5-7-23-44-39;1-2-8-28(9-3-1)39-35-10-4-6-12-37(35)40(38-13-7-5-11-36(38)39)32-17-16-29-22-31(15-14-30(29)23-32)34-24-33(25-42-26-34)27-18-20-41-21-19-27;1-40-35-22-21-29(24-34(35)39-38(40)26-12-3-2-4-13-26)37-32-17-9-7-15-30(32)36(31-16-8-10-18-33(31)37)28-20-19-25-11-5-6-14-27(25)23-28/h4-26H,1-3H3;1-26H;2-24H,1H3. The molecule has 5 heterocycles. The van der Waals surface area contributed by atoms with E-state index >= 15 is 0 Å². The largest absolute Gasteiger partial charge is 0.327 e.